The van der Waals surface area contributed by atoms with E-state index in [1.165, 1.54) is 69.6 Å². The molecule has 1 aliphatic rings. The van der Waals surface area contributed by atoms with Crippen LogP contribution < -0.4 is 16.0 Å². The van der Waals surface area contributed by atoms with Crippen LogP contribution in [0.3, 0.4) is 0 Å². The Balaban J connectivity index is 2.59. The lowest BCUT2D eigenvalue weighted by atomic mass is 10.0. The predicted octanol–water partition coefficient (Wildman–Crippen LogP) is 5.08. The molecular formula is C48H82N6O13. The van der Waals surface area contributed by atoms with Crippen LogP contribution in [0.5, 0.6) is 0 Å². The third kappa shape index (κ3) is 28.3. The van der Waals surface area contributed by atoms with Gasteiger partial charge in [-0.2, -0.15) is 0 Å². The predicted molar refractivity (Wildman–Crippen MR) is 250 cm³/mol. The fraction of sp³-hybridized carbons (Fsp3) is 0.729. The summed E-state index contributed by atoms with van der Waals surface area (Å²) in [6.45, 7) is 6.38. The number of carbonyl (C=O) groups excluding carboxylic acids is 7. The lowest BCUT2D eigenvalue weighted by Crippen LogP contribution is -2.61. The molecule has 0 unspecified atom stereocenters. The molecule has 1 aliphatic heterocycles. The van der Waals surface area contributed by atoms with Gasteiger partial charge in [0.15, 0.2) is 0 Å². The molecule has 1 fully saturated rings. The molecule has 0 spiro atoms. The fourth-order valence-corrected chi connectivity index (χ4v) is 7.23. The van der Waals surface area contributed by atoms with Crippen molar-refractivity contribution in [3.63, 3.8) is 0 Å². The van der Waals surface area contributed by atoms with Crippen LogP contribution in [0.25, 0.3) is 0 Å². The molecule has 19 nitrogen and oxygen atoms in total. The van der Waals surface area contributed by atoms with Crippen LogP contribution in [0.2, 0.25) is 0 Å². The number of unbranched alkanes of at least 4 members (excludes halogenated alkanes) is 11. The highest BCUT2D eigenvalue weighted by Crippen LogP contribution is 2.14. The van der Waals surface area contributed by atoms with Crippen molar-refractivity contribution in [1.82, 2.24) is 31.1 Å². The molecular weight excluding hydrogens is 869 g/mol. The van der Waals surface area contributed by atoms with Crippen LogP contribution in [-0.2, 0) is 38.3 Å². The number of nitrogens with one attached hydrogen (secondary N) is 3. The summed E-state index contributed by atoms with van der Waals surface area (Å²) in [6.07, 6.45) is 19.2. The molecule has 8 N–H and O–H groups in total. The molecule has 67 heavy (non-hydrogen) atoms. The number of aliphatic hydroxyl groups is 2. The number of aliphatic hydroxyl groups excluding tert-OH is 2. The van der Waals surface area contributed by atoms with Crippen molar-refractivity contribution in [2.45, 2.75) is 187 Å². The van der Waals surface area contributed by atoms with E-state index in [0.29, 0.717) is 44.8 Å². The Hall–Kier alpha value is -4.69. The first-order valence-electron chi connectivity index (χ1n) is 24.3. The van der Waals surface area contributed by atoms with E-state index in [1.54, 1.807) is 20.8 Å². The van der Waals surface area contributed by atoms with E-state index < -0.39 is 53.6 Å². The average molecular weight is 951 g/mol. The normalized spacial score (nSPS) is 15.9. The number of amides is 6. The third-order valence-electron chi connectivity index (χ3n) is 11.4. The van der Waals surface area contributed by atoms with Gasteiger partial charge in [0.25, 0.3) is 17.7 Å². The van der Waals surface area contributed by atoms with Crippen LogP contribution in [0, 0.1) is 0 Å². The van der Waals surface area contributed by atoms with Gasteiger partial charge < -0.3 is 30.9 Å². The molecule has 1 rings (SSSR count). The summed E-state index contributed by atoms with van der Waals surface area (Å²) >= 11 is 0. The molecule has 0 aromatic carbocycles. The summed E-state index contributed by atoms with van der Waals surface area (Å²) in [6, 6.07) is -2.82. The monoisotopic (exact) mass is 951 g/mol. The maximum Gasteiger partial charge on any atom is 0.328 e. The highest BCUT2D eigenvalue weighted by Gasteiger charge is 2.33. The smallest absolute Gasteiger partial charge is 0.328 e. The van der Waals surface area contributed by atoms with E-state index in [4.69, 9.17) is 14.9 Å². The van der Waals surface area contributed by atoms with Crippen molar-refractivity contribution >= 4 is 41.4 Å². The third-order valence-corrected chi connectivity index (χ3v) is 11.4. The Morgan fingerprint density at radius 2 is 0.970 bits per heavy atom. The van der Waals surface area contributed by atoms with Gasteiger partial charge in [-0.3, -0.25) is 44.4 Å². The summed E-state index contributed by atoms with van der Waals surface area (Å²) in [5, 5.41) is 58.1. The van der Waals surface area contributed by atoms with Gasteiger partial charge in [0, 0.05) is 63.9 Å². The van der Waals surface area contributed by atoms with Crippen LogP contribution in [-0.4, -0.2) is 140 Å². The Labute approximate surface area is 397 Å². The van der Waals surface area contributed by atoms with Crippen molar-refractivity contribution in [2.75, 3.05) is 39.5 Å². The zero-order valence-corrected chi connectivity index (χ0v) is 40.6. The Morgan fingerprint density at radius 1 is 0.582 bits per heavy atom. The van der Waals surface area contributed by atoms with Crippen molar-refractivity contribution in [2.24, 2.45) is 0 Å². The molecule has 382 valence electrons. The summed E-state index contributed by atoms with van der Waals surface area (Å²) in [4.78, 5) is 88.6. The molecule has 1 heterocycles. The molecule has 3 atom stereocenters. The topological polar surface area (TPSA) is 276 Å². The van der Waals surface area contributed by atoms with Gasteiger partial charge in [-0.15, -0.1) is 0 Å². The number of nitrogens with zero attached hydrogens (tertiary/aromatic N) is 3. The molecule has 0 aliphatic carbocycles. The Morgan fingerprint density at radius 3 is 1.39 bits per heavy atom. The summed E-state index contributed by atoms with van der Waals surface area (Å²) in [5.74, 6) is -4.00. The highest BCUT2D eigenvalue weighted by atomic mass is 16.5. The maximum atomic E-state index is 13.2. The van der Waals surface area contributed by atoms with E-state index in [-0.39, 0.29) is 103 Å². The van der Waals surface area contributed by atoms with Gasteiger partial charge >= 0.3 is 5.97 Å². The zero-order chi connectivity index (χ0) is 50.0. The first kappa shape index (κ1) is 60.3. The molecule has 0 radical (unpaired) electrons. The van der Waals surface area contributed by atoms with Gasteiger partial charge in [-0.1, -0.05) is 94.3 Å². The first-order chi connectivity index (χ1) is 32.0. The van der Waals surface area contributed by atoms with Gasteiger partial charge in [0.1, 0.15) is 18.1 Å². The van der Waals surface area contributed by atoms with Crippen LogP contribution in [0.4, 0.5) is 0 Å². The zero-order valence-electron chi connectivity index (χ0n) is 40.6. The van der Waals surface area contributed by atoms with Crippen LogP contribution >= 0.6 is 0 Å². The second kappa shape index (κ2) is 36.4. The van der Waals surface area contributed by atoms with Gasteiger partial charge in [0.05, 0.1) is 6.61 Å². The summed E-state index contributed by atoms with van der Waals surface area (Å²) in [7, 11) is 0. The number of hydrogen-bond acceptors (Lipinski definition) is 13. The Bertz CT molecular complexity index is 1620. The molecule has 6 amide bonds. The van der Waals surface area contributed by atoms with Crippen molar-refractivity contribution in [3.8, 4) is 0 Å². The lowest BCUT2D eigenvalue weighted by molar-refractivity contribution is -0.160. The number of rotatable bonds is 37. The second-order valence-corrected chi connectivity index (χ2v) is 17.5. The van der Waals surface area contributed by atoms with Gasteiger partial charge in [-0.25, -0.2) is 20.0 Å². The Kier molecular flexibility index (Phi) is 32.7. The maximum absolute atomic E-state index is 13.2. The quantitative estimate of drug-likeness (QED) is 0.0133. The second-order valence-electron chi connectivity index (χ2n) is 17.5. The van der Waals surface area contributed by atoms with Crippen molar-refractivity contribution < 1.29 is 64.1 Å². The summed E-state index contributed by atoms with van der Waals surface area (Å²) in [5.41, 5.74) is 1.67. The van der Waals surface area contributed by atoms with Crippen LogP contribution in [0.15, 0.2) is 34.9 Å². The molecule has 0 saturated carbocycles. The molecule has 19 heteroatoms. The van der Waals surface area contributed by atoms with Gasteiger partial charge in [-0.05, 0) is 78.6 Å². The molecule has 1 saturated heterocycles. The van der Waals surface area contributed by atoms with E-state index in [0.717, 1.165) is 19.3 Å². The molecule has 0 bridgehead atoms. The lowest BCUT2D eigenvalue weighted by Gasteiger charge is -2.30. The van der Waals surface area contributed by atoms with E-state index in [2.05, 4.69) is 22.9 Å². The first-order valence-corrected chi connectivity index (χ1v) is 24.3. The minimum absolute atomic E-state index is 0.0740. The van der Waals surface area contributed by atoms with Crippen LogP contribution in [0.1, 0.15) is 169 Å². The number of hydroxylamine groups is 6. The molecule has 0 aromatic heterocycles. The molecule has 0 aromatic rings. The largest absolute Gasteiger partial charge is 0.464 e. The number of hydrogen-bond donors (Lipinski definition) is 8. The standard InChI is InChI=1S/C48H82N6O13/c1-5-6-7-8-9-10-11-12-13-14-15-16-23-42(57)49-41(22-19-29-54(66)44(59)34-37(3)25-31-56)48(63)67-32-26-38(4)35-45(60)53(65)28-18-21-40-47(62)50-39(46(61)51-40)20-17-27-52(64)43(58)33-36(2)24-30-55/h33-35,39-41,55-56,64-66H,5-32H2,1-4H3,(H,49,57)(H,50,62)(H,51,61)/b36-33+,37-34+,38-35+/t39-,40-,41-/m0/s1. The summed E-state index contributed by atoms with van der Waals surface area (Å²) < 4.78 is 5.47. The fourth-order valence-electron chi connectivity index (χ4n) is 7.23. The SMILES string of the molecule is CCCCCCCCCCCCCCC(=O)N[C@@H](CCCN(O)C(=O)/C=C(\C)CCO)C(=O)OCC/C(C)=C/C(=O)N(O)CCC[C@@H]1NC(=O)[C@H](CCCN(O)C(=O)/C=C(\C)CCO)NC1=O. The number of piperazine rings is 1. The minimum atomic E-state index is -1.05. The van der Waals surface area contributed by atoms with E-state index in [1.807, 2.05) is 0 Å². The number of carbonyl (C=O) groups is 7. The van der Waals surface area contributed by atoms with E-state index >= 15 is 0 Å². The minimum Gasteiger partial charge on any atom is -0.464 e. The van der Waals surface area contributed by atoms with E-state index in [9.17, 15) is 49.2 Å². The van der Waals surface area contributed by atoms with Crippen molar-refractivity contribution in [3.05, 3.63) is 34.9 Å². The average Bonchev–Trinajstić information content (AvgIpc) is 3.27. The number of ether oxygens (including phenoxy) is 1. The number of esters is 1. The van der Waals surface area contributed by atoms with Gasteiger partial charge in [0.2, 0.25) is 17.7 Å². The highest BCUT2D eigenvalue weighted by molar-refractivity contribution is 5.97. The van der Waals surface area contributed by atoms with Crippen molar-refractivity contribution in [1.29, 1.82) is 0 Å².